The SMILES string of the molecule is Cc1ccc(-c2nnc(-c3nc(NCc4ccccc4C)c4ccccc4n3)o2)cc1. The average molecular weight is 407 g/mol. The number of fused-ring (bicyclic) bond motifs is 1. The molecule has 5 rings (SSSR count). The van der Waals surface area contributed by atoms with E-state index in [-0.39, 0.29) is 0 Å². The molecule has 31 heavy (non-hydrogen) atoms. The lowest BCUT2D eigenvalue weighted by atomic mass is 10.1. The Hall–Kier alpha value is -4.06. The minimum Gasteiger partial charge on any atom is -0.413 e. The second-order valence-corrected chi connectivity index (χ2v) is 7.47. The zero-order valence-electron chi connectivity index (χ0n) is 17.3. The standard InChI is InChI=1S/C25H21N5O/c1-16-11-13-18(14-12-16)24-29-30-25(31-24)23-27-21-10-6-5-9-20(21)22(28-23)26-15-19-8-4-3-7-17(19)2/h3-14H,15H2,1-2H3,(H,26,27,28). The molecule has 2 aromatic heterocycles. The first kappa shape index (κ1) is 18.9. The number of nitrogens with one attached hydrogen (secondary N) is 1. The fourth-order valence-electron chi connectivity index (χ4n) is 3.42. The van der Waals surface area contributed by atoms with Gasteiger partial charge in [0.1, 0.15) is 5.82 Å². The lowest BCUT2D eigenvalue weighted by Crippen LogP contribution is -2.05. The molecule has 0 aliphatic heterocycles. The van der Waals surface area contributed by atoms with Crippen LogP contribution < -0.4 is 5.32 Å². The lowest BCUT2D eigenvalue weighted by molar-refractivity contribution is 0.579. The highest BCUT2D eigenvalue weighted by molar-refractivity contribution is 5.90. The van der Waals surface area contributed by atoms with Crippen molar-refractivity contribution in [3.8, 4) is 23.2 Å². The maximum absolute atomic E-state index is 5.91. The van der Waals surface area contributed by atoms with Crippen LogP contribution in [-0.4, -0.2) is 20.2 Å². The summed E-state index contributed by atoms with van der Waals surface area (Å²) < 4.78 is 5.91. The van der Waals surface area contributed by atoms with Crippen LogP contribution in [0.3, 0.4) is 0 Å². The van der Waals surface area contributed by atoms with E-state index < -0.39 is 0 Å². The van der Waals surface area contributed by atoms with E-state index >= 15 is 0 Å². The number of para-hydroxylation sites is 1. The third kappa shape index (κ3) is 3.88. The maximum atomic E-state index is 5.91. The molecule has 0 amide bonds. The Balaban J connectivity index is 1.51. The minimum absolute atomic E-state index is 0.292. The van der Waals surface area contributed by atoms with Gasteiger partial charge in [0.2, 0.25) is 11.7 Å². The second kappa shape index (κ2) is 7.99. The molecule has 0 saturated heterocycles. The van der Waals surface area contributed by atoms with E-state index in [1.807, 2.05) is 67.6 Å². The van der Waals surface area contributed by atoms with Crippen LogP contribution in [0.1, 0.15) is 16.7 Å². The van der Waals surface area contributed by atoms with Gasteiger partial charge in [-0.2, -0.15) is 0 Å². The number of anilines is 1. The van der Waals surface area contributed by atoms with Crippen molar-refractivity contribution in [1.82, 2.24) is 20.2 Å². The maximum Gasteiger partial charge on any atom is 0.286 e. The number of aromatic nitrogens is 4. The lowest BCUT2D eigenvalue weighted by Gasteiger charge is -2.11. The molecule has 152 valence electrons. The molecule has 0 bridgehead atoms. The van der Waals surface area contributed by atoms with Crippen LogP contribution in [0.25, 0.3) is 34.1 Å². The quantitative estimate of drug-likeness (QED) is 0.410. The third-order valence-corrected chi connectivity index (χ3v) is 5.23. The largest absolute Gasteiger partial charge is 0.413 e. The first-order valence-electron chi connectivity index (χ1n) is 10.1. The second-order valence-electron chi connectivity index (χ2n) is 7.47. The van der Waals surface area contributed by atoms with Crippen molar-refractivity contribution in [1.29, 1.82) is 0 Å². The Bertz CT molecular complexity index is 1360. The van der Waals surface area contributed by atoms with Crippen LogP contribution in [0, 0.1) is 13.8 Å². The Morgan fingerprint density at radius 3 is 2.35 bits per heavy atom. The van der Waals surface area contributed by atoms with Gasteiger partial charge in [0.05, 0.1) is 5.52 Å². The van der Waals surface area contributed by atoms with Crippen molar-refractivity contribution < 1.29 is 4.42 Å². The Morgan fingerprint density at radius 2 is 1.52 bits per heavy atom. The summed E-state index contributed by atoms with van der Waals surface area (Å²) in [5.74, 6) is 1.87. The molecule has 6 nitrogen and oxygen atoms in total. The summed E-state index contributed by atoms with van der Waals surface area (Å²) in [5, 5.41) is 12.8. The average Bonchev–Trinajstić information content (AvgIpc) is 3.29. The van der Waals surface area contributed by atoms with Crippen LogP contribution in [0.4, 0.5) is 5.82 Å². The zero-order chi connectivity index (χ0) is 21.2. The van der Waals surface area contributed by atoms with Gasteiger partial charge in [0, 0.05) is 17.5 Å². The Kier molecular flexibility index (Phi) is 4.88. The van der Waals surface area contributed by atoms with Gasteiger partial charge in [-0.15, -0.1) is 10.2 Å². The van der Waals surface area contributed by atoms with Crippen LogP contribution in [-0.2, 0) is 6.54 Å². The molecular formula is C25H21N5O. The molecule has 0 fully saturated rings. The highest BCUT2D eigenvalue weighted by Crippen LogP contribution is 2.27. The molecule has 3 aromatic carbocycles. The Labute approximate surface area is 180 Å². The number of benzene rings is 3. The fraction of sp³-hybridized carbons (Fsp3) is 0.120. The van der Waals surface area contributed by atoms with Gasteiger partial charge in [-0.05, 0) is 49.2 Å². The van der Waals surface area contributed by atoms with E-state index in [2.05, 4.69) is 39.6 Å². The fourth-order valence-corrected chi connectivity index (χ4v) is 3.42. The number of hydrogen-bond donors (Lipinski definition) is 1. The van der Waals surface area contributed by atoms with Crippen molar-refractivity contribution in [2.24, 2.45) is 0 Å². The van der Waals surface area contributed by atoms with Crippen molar-refractivity contribution >= 4 is 16.7 Å². The molecule has 0 saturated carbocycles. The summed E-state index contributed by atoms with van der Waals surface area (Å²) in [6.45, 7) is 4.80. The normalized spacial score (nSPS) is 11.0. The molecule has 1 N–H and O–H groups in total. The van der Waals surface area contributed by atoms with E-state index in [1.165, 1.54) is 16.7 Å². The van der Waals surface area contributed by atoms with Crippen molar-refractivity contribution in [3.05, 3.63) is 89.5 Å². The highest BCUT2D eigenvalue weighted by Gasteiger charge is 2.16. The summed E-state index contributed by atoms with van der Waals surface area (Å²) in [5.41, 5.74) is 5.29. The van der Waals surface area contributed by atoms with Crippen LogP contribution >= 0.6 is 0 Å². The first-order valence-corrected chi connectivity index (χ1v) is 10.1. The van der Waals surface area contributed by atoms with E-state index in [9.17, 15) is 0 Å². The number of rotatable bonds is 5. The molecule has 6 heteroatoms. The van der Waals surface area contributed by atoms with E-state index in [0.717, 1.165) is 22.3 Å². The molecule has 2 heterocycles. The van der Waals surface area contributed by atoms with Gasteiger partial charge < -0.3 is 9.73 Å². The molecule has 0 aliphatic rings. The summed E-state index contributed by atoms with van der Waals surface area (Å²) in [6, 6.07) is 24.1. The van der Waals surface area contributed by atoms with Crippen molar-refractivity contribution in [3.63, 3.8) is 0 Å². The smallest absolute Gasteiger partial charge is 0.286 e. The van der Waals surface area contributed by atoms with Gasteiger partial charge in [-0.1, -0.05) is 54.1 Å². The summed E-state index contributed by atoms with van der Waals surface area (Å²) in [6.07, 6.45) is 0. The minimum atomic E-state index is 0.292. The van der Waals surface area contributed by atoms with Gasteiger partial charge in [-0.25, -0.2) is 9.97 Å². The summed E-state index contributed by atoms with van der Waals surface area (Å²) in [4.78, 5) is 9.37. The number of aryl methyl sites for hydroxylation is 2. The molecule has 0 atom stereocenters. The molecule has 5 aromatic rings. The first-order chi connectivity index (χ1) is 15.2. The predicted octanol–water partition coefficient (Wildman–Crippen LogP) is 5.58. The van der Waals surface area contributed by atoms with E-state index in [1.54, 1.807) is 0 Å². The summed E-state index contributed by atoms with van der Waals surface area (Å²) >= 11 is 0. The van der Waals surface area contributed by atoms with Crippen LogP contribution in [0.2, 0.25) is 0 Å². The predicted molar refractivity (Wildman–Crippen MR) is 122 cm³/mol. The molecule has 0 radical (unpaired) electrons. The Morgan fingerprint density at radius 1 is 0.774 bits per heavy atom. The molecule has 0 unspecified atom stereocenters. The molecular weight excluding hydrogens is 386 g/mol. The number of nitrogens with zero attached hydrogens (tertiary/aromatic N) is 4. The van der Waals surface area contributed by atoms with Gasteiger partial charge >= 0.3 is 0 Å². The number of hydrogen-bond acceptors (Lipinski definition) is 6. The third-order valence-electron chi connectivity index (χ3n) is 5.23. The van der Waals surface area contributed by atoms with Crippen molar-refractivity contribution in [2.45, 2.75) is 20.4 Å². The highest BCUT2D eigenvalue weighted by atomic mass is 16.4. The summed E-state index contributed by atoms with van der Waals surface area (Å²) in [7, 11) is 0. The van der Waals surface area contributed by atoms with E-state index in [0.29, 0.717) is 24.2 Å². The monoisotopic (exact) mass is 407 g/mol. The van der Waals surface area contributed by atoms with Crippen molar-refractivity contribution in [2.75, 3.05) is 5.32 Å². The topological polar surface area (TPSA) is 76.7 Å². The van der Waals surface area contributed by atoms with E-state index in [4.69, 9.17) is 9.40 Å². The van der Waals surface area contributed by atoms with Gasteiger partial charge in [0.25, 0.3) is 5.89 Å². The van der Waals surface area contributed by atoms with Crippen LogP contribution in [0.5, 0.6) is 0 Å². The van der Waals surface area contributed by atoms with Crippen LogP contribution in [0.15, 0.2) is 77.2 Å². The molecule has 0 spiro atoms. The zero-order valence-corrected chi connectivity index (χ0v) is 17.3. The van der Waals surface area contributed by atoms with Gasteiger partial charge in [-0.3, -0.25) is 0 Å². The molecule has 0 aliphatic carbocycles. The van der Waals surface area contributed by atoms with Gasteiger partial charge in [0.15, 0.2) is 0 Å².